The van der Waals surface area contributed by atoms with Crippen LogP contribution >= 0.6 is 11.9 Å². The van der Waals surface area contributed by atoms with E-state index in [9.17, 15) is 0 Å². The second kappa shape index (κ2) is 4.16. The summed E-state index contributed by atoms with van der Waals surface area (Å²) in [6.07, 6.45) is 2.64. The minimum Gasteiger partial charge on any atom is -0.253 e. The van der Waals surface area contributed by atoms with E-state index in [-0.39, 0.29) is 0 Å². The van der Waals surface area contributed by atoms with Crippen molar-refractivity contribution in [2.75, 3.05) is 13.6 Å². The van der Waals surface area contributed by atoms with E-state index in [0.29, 0.717) is 5.25 Å². The Bertz CT molecular complexity index is 260. The maximum atomic E-state index is 2.35. The van der Waals surface area contributed by atoms with Crippen molar-refractivity contribution >= 4 is 11.9 Å². The summed E-state index contributed by atoms with van der Waals surface area (Å²) < 4.78 is 2.35. The molecule has 1 fully saturated rings. The van der Waals surface area contributed by atoms with E-state index in [1.165, 1.54) is 24.9 Å². The van der Waals surface area contributed by atoms with Gasteiger partial charge >= 0.3 is 0 Å². The lowest BCUT2D eigenvalue weighted by molar-refractivity contribution is 0.490. The Labute approximate surface area is 84.3 Å². The number of nitrogens with zero attached hydrogens (tertiary/aromatic N) is 1. The molecule has 2 rings (SSSR count). The Balaban J connectivity index is 2.08. The molecule has 0 bridgehead atoms. The van der Waals surface area contributed by atoms with Crippen molar-refractivity contribution in [1.29, 1.82) is 0 Å². The first-order valence-corrected chi connectivity index (χ1v) is 5.63. The number of hydrogen-bond donors (Lipinski definition) is 0. The first-order valence-electron chi connectivity index (χ1n) is 4.79. The molecule has 13 heavy (non-hydrogen) atoms. The lowest BCUT2D eigenvalue weighted by atomic mass is 10.1. The minimum atomic E-state index is 0.681. The predicted molar refractivity (Wildman–Crippen MR) is 58.6 cm³/mol. The number of benzene rings is 1. The van der Waals surface area contributed by atoms with Gasteiger partial charge in [-0.1, -0.05) is 42.3 Å². The van der Waals surface area contributed by atoms with E-state index < -0.39 is 0 Å². The van der Waals surface area contributed by atoms with E-state index in [2.05, 4.69) is 41.7 Å². The molecule has 1 heterocycles. The second-order valence-corrected chi connectivity index (χ2v) is 4.90. The predicted octanol–water partition coefficient (Wildman–Crippen LogP) is 3.10. The summed E-state index contributed by atoms with van der Waals surface area (Å²) >= 11 is 1.97. The summed E-state index contributed by atoms with van der Waals surface area (Å²) in [7, 11) is 2.18. The Morgan fingerprint density at radius 1 is 1.31 bits per heavy atom. The molecule has 1 aliphatic heterocycles. The quantitative estimate of drug-likeness (QED) is 0.630. The summed E-state index contributed by atoms with van der Waals surface area (Å²) in [5.41, 5.74) is 1.47. The Morgan fingerprint density at radius 2 is 2.08 bits per heavy atom. The summed E-state index contributed by atoms with van der Waals surface area (Å²) in [4.78, 5) is 0. The van der Waals surface area contributed by atoms with Gasteiger partial charge in [-0.25, -0.2) is 0 Å². The highest BCUT2D eigenvalue weighted by Gasteiger charge is 2.18. The summed E-state index contributed by atoms with van der Waals surface area (Å²) in [5.74, 6) is 0. The molecule has 1 atom stereocenters. The standard InChI is InChI=1S/C11H15NS/c1-12-9-5-8-11(13-12)10-6-3-2-4-7-10/h2-4,6-7,11H,5,8-9H2,1H3. The Hall–Kier alpha value is -0.470. The molecule has 0 radical (unpaired) electrons. The molecule has 1 unspecified atom stereocenters. The van der Waals surface area contributed by atoms with Crippen LogP contribution in [-0.2, 0) is 0 Å². The second-order valence-electron chi connectivity index (χ2n) is 3.50. The zero-order valence-corrected chi connectivity index (χ0v) is 8.76. The first-order chi connectivity index (χ1) is 6.36. The van der Waals surface area contributed by atoms with Crippen molar-refractivity contribution in [1.82, 2.24) is 4.31 Å². The Kier molecular flexibility index (Phi) is 2.91. The van der Waals surface area contributed by atoms with Crippen LogP contribution in [0.3, 0.4) is 0 Å². The van der Waals surface area contributed by atoms with Crippen LogP contribution in [0.2, 0.25) is 0 Å². The molecule has 1 aliphatic rings. The summed E-state index contributed by atoms with van der Waals surface area (Å²) in [6, 6.07) is 10.8. The van der Waals surface area contributed by atoms with Gasteiger partial charge in [0.05, 0.1) is 0 Å². The molecule has 70 valence electrons. The van der Waals surface area contributed by atoms with Crippen LogP contribution in [0.15, 0.2) is 30.3 Å². The molecule has 1 nitrogen and oxygen atoms in total. The fourth-order valence-corrected chi connectivity index (χ4v) is 2.94. The van der Waals surface area contributed by atoms with Crippen LogP contribution in [0.25, 0.3) is 0 Å². The van der Waals surface area contributed by atoms with Gasteiger partial charge in [0.15, 0.2) is 0 Å². The molecule has 0 N–H and O–H groups in total. The van der Waals surface area contributed by atoms with Crippen molar-refractivity contribution in [2.45, 2.75) is 18.1 Å². The van der Waals surface area contributed by atoms with Crippen molar-refractivity contribution < 1.29 is 0 Å². The van der Waals surface area contributed by atoms with E-state index >= 15 is 0 Å². The third-order valence-electron chi connectivity index (χ3n) is 2.42. The largest absolute Gasteiger partial charge is 0.253 e. The zero-order valence-electron chi connectivity index (χ0n) is 7.94. The average molecular weight is 193 g/mol. The highest BCUT2D eigenvalue weighted by molar-refractivity contribution is 7.97. The molecule has 0 spiro atoms. The van der Waals surface area contributed by atoms with Crippen LogP contribution in [0.5, 0.6) is 0 Å². The van der Waals surface area contributed by atoms with E-state index in [1.807, 2.05) is 11.9 Å². The lowest BCUT2D eigenvalue weighted by Crippen LogP contribution is -2.19. The SMILES string of the molecule is CN1CCCC(c2ccccc2)S1. The third kappa shape index (κ3) is 2.26. The molecule has 0 amide bonds. The molecule has 1 aromatic carbocycles. The van der Waals surface area contributed by atoms with Crippen molar-refractivity contribution in [3.63, 3.8) is 0 Å². The van der Waals surface area contributed by atoms with Gasteiger partial charge in [-0.05, 0) is 25.5 Å². The van der Waals surface area contributed by atoms with Crippen LogP contribution in [0.1, 0.15) is 23.7 Å². The number of rotatable bonds is 1. The highest BCUT2D eigenvalue weighted by atomic mass is 32.2. The molecule has 1 aromatic rings. The van der Waals surface area contributed by atoms with Gasteiger partial charge in [0.2, 0.25) is 0 Å². The molecule has 2 heteroatoms. The van der Waals surface area contributed by atoms with Crippen LogP contribution < -0.4 is 0 Å². The molecular weight excluding hydrogens is 178 g/mol. The molecular formula is C11H15NS. The van der Waals surface area contributed by atoms with E-state index in [0.717, 1.165) is 0 Å². The van der Waals surface area contributed by atoms with Gasteiger partial charge in [-0.3, -0.25) is 4.31 Å². The minimum absolute atomic E-state index is 0.681. The van der Waals surface area contributed by atoms with Crippen molar-refractivity contribution in [3.05, 3.63) is 35.9 Å². The van der Waals surface area contributed by atoms with Gasteiger partial charge in [-0.2, -0.15) is 0 Å². The lowest BCUT2D eigenvalue weighted by Gasteiger charge is -2.28. The van der Waals surface area contributed by atoms with Gasteiger partial charge in [-0.15, -0.1) is 0 Å². The van der Waals surface area contributed by atoms with Gasteiger partial charge in [0.1, 0.15) is 0 Å². The van der Waals surface area contributed by atoms with Gasteiger partial charge in [0, 0.05) is 11.8 Å². The molecule has 0 aliphatic carbocycles. The fraction of sp³-hybridized carbons (Fsp3) is 0.455. The zero-order chi connectivity index (χ0) is 9.10. The van der Waals surface area contributed by atoms with E-state index in [4.69, 9.17) is 0 Å². The number of hydrogen-bond acceptors (Lipinski definition) is 2. The first kappa shape index (κ1) is 9.10. The maximum absolute atomic E-state index is 2.35. The normalized spacial score (nSPS) is 24.5. The molecule has 0 saturated carbocycles. The van der Waals surface area contributed by atoms with Crippen LogP contribution in [0.4, 0.5) is 0 Å². The Morgan fingerprint density at radius 3 is 2.77 bits per heavy atom. The summed E-state index contributed by atoms with van der Waals surface area (Å²) in [5, 5.41) is 0.681. The fourth-order valence-electron chi connectivity index (χ4n) is 1.72. The van der Waals surface area contributed by atoms with Crippen LogP contribution in [-0.4, -0.2) is 17.9 Å². The van der Waals surface area contributed by atoms with Crippen LogP contribution in [0, 0.1) is 0 Å². The molecule has 0 aromatic heterocycles. The average Bonchev–Trinajstić information content (AvgIpc) is 2.19. The van der Waals surface area contributed by atoms with Crippen molar-refractivity contribution in [2.24, 2.45) is 0 Å². The molecule has 1 saturated heterocycles. The van der Waals surface area contributed by atoms with E-state index in [1.54, 1.807) is 0 Å². The summed E-state index contributed by atoms with van der Waals surface area (Å²) in [6.45, 7) is 1.23. The monoisotopic (exact) mass is 193 g/mol. The maximum Gasteiger partial charge on any atom is 0.0445 e. The topological polar surface area (TPSA) is 3.24 Å². The highest BCUT2D eigenvalue weighted by Crippen LogP contribution is 2.38. The van der Waals surface area contributed by atoms with Crippen molar-refractivity contribution in [3.8, 4) is 0 Å². The van der Waals surface area contributed by atoms with Gasteiger partial charge < -0.3 is 0 Å². The third-order valence-corrected chi connectivity index (χ3v) is 3.72. The smallest absolute Gasteiger partial charge is 0.0445 e. The van der Waals surface area contributed by atoms with Gasteiger partial charge in [0.25, 0.3) is 0 Å².